The number of rotatable bonds is 7. The second kappa shape index (κ2) is 9.59. The molecule has 1 amide bonds. The van der Waals surface area contributed by atoms with E-state index in [9.17, 15) is 9.59 Å². The fourth-order valence-corrected chi connectivity index (χ4v) is 3.33. The van der Waals surface area contributed by atoms with Gasteiger partial charge in [0.1, 0.15) is 5.71 Å². The fraction of sp³-hybridized carbons (Fsp3) is 0.174. The molecule has 0 radical (unpaired) electrons. The lowest BCUT2D eigenvalue weighted by Crippen LogP contribution is -2.43. The summed E-state index contributed by atoms with van der Waals surface area (Å²) in [5, 5.41) is 15.1. The van der Waals surface area contributed by atoms with Crippen LogP contribution in [-0.2, 0) is 19.9 Å². The summed E-state index contributed by atoms with van der Waals surface area (Å²) in [6, 6.07) is 16.3. The molecule has 0 bridgehead atoms. The lowest BCUT2D eigenvalue weighted by molar-refractivity contribution is -0.131. The van der Waals surface area contributed by atoms with Crippen LogP contribution in [0.25, 0.3) is 0 Å². The zero-order chi connectivity index (χ0) is 22.4. The van der Waals surface area contributed by atoms with E-state index in [2.05, 4.69) is 11.7 Å². The van der Waals surface area contributed by atoms with Crippen molar-refractivity contribution in [3.63, 3.8) is 0 Å². The van der Waals surface area contributed by atoms with Gasteiger partial charge in [0.15, 0.2) is 5.60 Å². The van der Waals surface area contributed by atoms with Gasteiger partial charge in [-0.25, -0.2) is 9.59 Å². The summed E-state index contributed by atoms with van der Waals surface area (Å²) in [5.41, 5.74) is 0.753. The standard InChI is InChI=1S/C23H21ClN2O5/c1-16(2)31-22(29)26-15-23(18-7-4-3-5-8-18,30-14-6-9-20(27)28)21(25-26)17-10-12-19(24)13-11-17/h3-13H,1,14-15H2,2H3,(H,27,28)/b9-6+. The zero-order valence-corrected chi connectivity index (χ0v) is 17.6. The van der Waals surface area contributed by atoms with Crippen molar-refractivity contribution in [2.45, 2.75) is 12.5 Å². The van der Waals surface area contributed by atoms with E-state index in [1.54, 1.807) is 31.2 Å². The molecule has 31 heavy (non-hydrogen) atoms. The summed E-state index contributed by atoms with van der Waals surface area (Å²) < 4.78 is 11.4. The number of nitrogens with zero attached hydrogens (tertiary/aromatic N) is 2. The second-order valence-corrected chi connectivity index (χ2v) is 7.26. The van der Waals surface area contributed by atoms with Crippen LogP contribution < -0.4 is 0 Å². The Bertz CT molecular complexity index is 1030. The van der Waals surface area contributed by atoms with Crippen LogP contribution in [0.3, 0.4) is 0 Å². The van der Waals surface area contributed by atoms with Gasteiger partial charge in [0.05, 0.1) is 18.9 Å². The summed E-state index contributed by atoms with van der Waals surface area (Å²) in [6.45, 7) is 5.17. The first-order valence-corrected chi connectivity index (χ1v) is 9.78. The Morgan fingerprint density at radius 1 is 1.23 bits per heavy atom. The predicted molar refractivity (Wildman–Crippen MR) is 117 cm³/mol. The van der Waals surface area contributed by atoms with Gasteiger partial charge < -0.3 is 14.6 Å². The normalized spacial score (nSPS) is 18.1. The number of carbonyl (C=O) groups excluding carboxylic acids is 1. The van der Waals surface area contributed by atoms with Gasteiger partial charge in [0.2, 0.25) is 0 Å². The minimum absolute atomic E-state index is 0.0167. The van der Waals surface area contributed by atoms with Gasteiger partial charge in [-0.1, -0.05) is 66.7 Å². The zero-order valence-electron chi connectivity index (χ0n) is 16.8. The third kappa shape index (κ3) is 5.20. The van der Waals surface area contributed by atoms with E-state index in [0.717, 1.165) is 11.6 Å². The molecular weight excluding hydrogens is 420 g/mol. The topological polar surface area (TPSA) is 88.4 Å². The number of hydrazone groups is 1. The van der Waals surface area contributed by atoms with Crippen molar-refractivity contribution in [2.24, 2.45) is 5.10 Å². The third-order valence-corrected chi connectivity index (χ3v) is 4.74. The van der Waals surface area contributed by atoms with Crippen LogP contribution in [0.4, 0.5) is 4.79 Å². The molecule has 1 aliphatic heterocycles. The lowest BCUT2D eigenvalue weighted by atomic mass is 9.85. The number of allylic oxidation sites excluding steroid dienone is 1. The van der Waals surface area contributed by atoms with E-state index >= 15 is 0 Å². The van der Waals surface area contributed by atoms with Crippen molar-refractivity contribution in [1.82, 2.24) is 5.01 Å². The summed E-state index contributed by atoms with van der Waals surface area (Å²) in [7, 11) is 0. The van der Waals surface area contributed by atoms with E-state index in [4.69, 9.17) is 26.2 Å². The minimum Gasteiger partial charge on any atom is -0.478 e. The van der Waals surface area contributed by atoms with Gasteiger partial charge >= 0.3 is 12.1 Å². The Kier molecular flexibility index (Phi) is 6.89. The van der Waals surface area contributed by atoms with Gasteiger partial charge in [-0.3, -0.25) is 0 Å². The van der Waals surface area contributed by atoms with Gasteiger partial charge in [-0.05, 0) is 24.6 Å². The monoisotopic (exact) mass is 440 g/mol. The molecule has 0 fully saturated rings. The molecule has 0 aromatic heterocycles. The van der Waals surface area contributed by atoms with Crippen LogP contribution in [0.2, 0.25) is 5.02 Å². The quantitative estimate of drug-likeness (QED) is 0.502. The SMILES string of the molecule is C=C(C)OC(=O)N1CC(OC/C=C/C(=O)O)(c2ccccc2)C(c2ccc(Cl)cc2)=N1. The molecular formula is C23H21ClN2O5. The van der Waals surface area contributed by atoms with Gasteiger partial charge in [0, 0.05) is 16.7 Å². The van der Waals surface area contributed by atoms with Crippen molar-refractivity contribution < 1.29 is 24.2 Å². The van der Waals surface area contributed by atoms with Crippen LogP contribution >= 0.6 is 11.6 Å². The van der Waals surface area contributed by atoms with Crippen LogP contribution in [0, 0.1) is 0 Å². The van der Waals surface area contributed by atoms with Gasteiger partial charge in [0.25, 0.3) is 0 Å². The predicted octanol–water partition coefficient (Wildman–Crippen LogP) is 4.58. The highest BCUT2D eigenvalue weighted by molar-refractivity contribution is 6.30. The number of carboxylic acid groups (broad SMARTS) is 1. The maximum atomic E-state index is 12.6. The van der Waals surface area contributed by atoms with E-state index in [1.807, 2.05) is 30.3 Å². The number of hydrogen-bond acceptors (Lipinski definition) is 5. The molecule has 1 unspecified atom stereocenters. The van der Waals surface area contributed by atoms with E-state index < -0.39 is 17.7 Å². The Labute approximate surface area is 184 Å². The molecule has 1 atom stereocenters. The summed E-state index contributed by atoms with van der Waals surface area (Å²) in [6.07, 6.45) is 1.70. The number of ether oxygens (including phenoxy) is 2. The lowest BCUT2D eigenvalue weighted by Gasteiger charge is -2.31. The maximum Gasteiger partial charge on any atom is 0.435 e. The second-order valence-electron chi connectivity index (χ2n) is 6.83. The molecule has 160 valence electrons. The molecule has 8 heteroatoms. The highest BCUT2D eigenvalue weighted by Gasteiger charge is 2.48. The Morgan fingerprint density at radius 2 is 1.90 bits per heavy atom. The highest BCUT2D eigenvalue weighted by Crippen LogP contribution is 2.37. The molecule has 0 saturated carbocycles. The Hall–Kier alpha value is -3.42. The highest BCUT2D eigenvalue weighted by atomic mass is 35.5. The smallest absolute Gasteiger partial charge is 0.435 e. The molecule has 2 aromatic rings. The molecule has 7 nitrogen and oxygen atoms in total. The average molecular weight is 441 g/mol. The van der Waals surface area contributed by atoms with Crippen molar-refractivity contribution >= 4 is 29.4 Å². The molecule has 1 N–H and O–H groups in total. The van der Waals surface area contributed by atoms with Crippen LogP contribution in [0.5, 0.6) is 0 Å². The van der Waals surface area contributed by atoms with Gasteiger partial charge in [-0.15, -0.1) is 0 Å². The van der Waals surface area contributed by atoms with Crippen LogP contribution in [-0.4, -0.2) is 41.0 Å². The van der Waals surface area contributed by atoms with Crippen molar-refractivity contribution in [3.05, 3.63) is 95.2 Å². The number of aliphatic carboxylic acids is 1. The molecule has 2 aromatic carbocycles. The van der Waals surface area contributed by atoms with Crippen LogP contribution in [0.15, 0.2) is 84.2 Å². The first-order valence-electron chi connectivity index (χ1n) is 9.40. The maximum absolute atomic E-state index is 12.6. The van der Waals surface area contributed by atoms with Gasteiger partial charge in [-0.2, -0.15) is 10.1 Å². The number of hydrogen-bond donors (Lipinski definition) is 1. The summed E-state index contributed by atoms with van der Waals surface area (Å²) >= 11 is 6.04. The fourth-order valence-electron chi connectivity index (χ4n) is 3.20. The first kappa shape index (κ1) is 22.3. The van der Waals surface area contributed by atoms with E-state index in [1.165, 1.54) is 11.1 Å². The number of carbonyl (C=O) groups is 2. The number of carboxylic acids is 1. The third-order valence-electron chi connectivity index (χ3n) is 4.49. The molecule has 0 spiro atoms. The number of halogens is 1. The molecule has 3 rings (SSSR count). The first-order chi connectivity index (χ1) is 14.8. The average Bonchev–Trinajstić information content (AvgIpc) is 3.13. The number of benzene rings is 2. The Balaban J connectivity index is 2.09. The Morgan fingerprint density at radius 3 is 2.52 bits per heavy atom. The summed E-state index contributed by atoms with van der Waals surface area (Å²) in [5.74, 6) is -0.849. The van der Waals surface area contributed by atoms with E-state index in [-0.39, 0.29) is 18.9 Å². The minimum atomic E-state index is -1.16. The molecule has 0 aliphatic carbocycles. The molecule has 0 saturated heterocycles. The molecule has 1 heterocycles. The molecule has 1 aliphatic rings. The number of amides is 1. The van der Waals surface area contributed by atoms with Crippen molar-refractivity contribution in [3.8, 4) is 0 Å². The van der Waals surface area contributed by atoms with E-state index in [0.29, 0.717) is 16.3 Å². The largest absolute Gasteiger partial charge is 0.478 e. The van der Waals surface area contributed by atoms with Crippen molar-refractivity contribution in [2.75, 3.05) is 13.2 Å². The van der Waals surface area contributed by atoms with Crippen molar-refractivity contribution in [1.29, 1.82) is 0 Å². The van der Waals surface area contributed by atoms with Crippen LogP contribution in [0.1, 0.15) is 18.1 Å². The summed E-state index contributed by atoms with van der Waals surface area (Å²) in [4.78, 5) is 23.4.